The molecule has 170 valence electrons. The Labute approximate surface area is 185 Å². The summed E-state index contributed by atoms with van der Waals surface area (Å²) >= 11 is 0. The van der Waals surface area contributed by atoms with Crippen LogP contribution in [0.1, 0.15) is 62.7 Å². The van der Waals surface area contributed by atoms with Gasteiger partial charge in [-0.05, 0) is 68.7 Å². The van der Waals surface area contributed by atoms with Crippen molar-refractivity contribution in [2.75, 3.05) is 26.2 Å². The molecule has 0 radical (unpaired) electrons. The maximum absolute atomic E-state index is 13.3. The molecular formula is C23H33N3O4S. The average molecular weight is 448 g/mol. The molecule has 2 amide bonds. The molecule has 3 fully saturated rings. The molecule has 1 aromatic carbocycles. The smallest absolute Gasteiger partial charge is 0.254 e. The molecule has 3 aliphatic rings. The highest BCUT2D eigenvalue weighted by molar-refractivity contribution is 7.89. The topological polar surface area (TPSA) is 78.0 Å². The Hall–Kier alpha value is -1.93. The molecule has 2 saturated carbocycles. The van der Waals surface area contributed by atoms with Gasteiger partial charge in [0.1, 0.15) is 0 Å². The molecule has 1 aromatic rings. The summed E-state index contributed by atoms with van der Waals surface area (Å²) in [6, 6.07) is 7.05. The summed E-state index contributed by atoms with van der Waals surface area (Å²) in [5.41, 5.74) is 0.561. The van der Waals surface area contributed by atoms with Crippen molar-refractivity contribution >= 4 is 21.8 Å². The number of piperazine rings is 1. The van der Waals surface area contributed by atoms with Crippen LogP contribution in [0.2, 0.25) is 0 Å². The lowest BCUT2D eigenvalue weighted by Crippen LogP contribution is -2.49. The van der Waals surface area contributed by atoms with Gasteiger partial charge in [0.05, 0.1) is 4.90 Å². The minimum absolute atomic E-state index is 0.0288. The van der Waals surface area contributed by atoms with Gasteiger partial charge in [0.2, 0.25) is 15.9 Å². The zero-order valence-corrected chi connectivity index (χ0v) is 19.3. The summed E-state index contributed by atoms with van der Waals surface area (Å²) in [7, 11) is -3.63. The third kappa shape index (κ3) is 4.80. The van der Waals surface area contributed by atoms with Crippen LogP contribution in [0.5, 0.6) is 0 Å². The number of rotatable bonds is 5. The van der Waals surface area contributed by atoms with Gasteiger partial charge in [-0.2, -0.15) is 4.31 Å². The Morgan fingerprint density at radius 1 is 0.871 bits per heavy atom. The van der Waals surface area contributed by atoms with Crippen LogP contribution < -0.4 is 0 Å². The van der Waals surface area contributed by atoms with Crippen LogP contribution in [0.25, 0.3) is 0 Å². The largest absolute Gasteiger partial charge is 0.340 e. The third-order valence-corrected chi connectivity index (χ3v) is 8.89. The molecule has 0 atom stereocenters. The van der Waals surface area contributed by atoms with Crippen molar-refractivity contribution in [1.82, 2.24) is 14.1 Å². The van der Waals surface area contributed by atoms with E-state index in [2.05, 4.69) is 11.8 Å². The van der Waals surface area contributed by atoms with Gasteiger partial charge in [0.25, 0.3) is 5.91 Å². The number of sulfonamides is 1. The lowest BCUT2D eigenvalue weighted by atomic mass is 9.86. The predicted molar refractivity (Wildman–Crippen MR) is 118 cm³/mol. The lowest BCUT2D eigenvalue weighted by molar-refractivity contribution is -0.129. The Kier molecular flexibility index (Phi) is 6.40. The van der Waals surface area contributed by atoms with Crippen LogP contribution in [0, 0.1) is 5.92 Å². The van der Waals surface area contributed by atoms with E-state index < -0.39 is 10.0 Å². The van der Waals surface area contributed by atoms with E-state index in [1.807, 2.05) is 0 Å². The van der Waals surface area contributed by atoms with Crippen LogP contribution >= 0.6 is 0 Å². The summed E-state index contributed by atoms with van der Waals surface area (Å²) in [6.07, 6.45) is 6.57. The number of hydrogen-bond donors (Lipinski definition) is 0. The van der Waals surface area contributed by atoms with E-state index in [1.165, 1.54) is 11.2 Å². The molecule has 8 heteroatoms. The second-order valence-electron chi connectivity index (χ2n) is 9.29. The lowest BCUT2D eigenvalue weighted by Gasteiger charge is -2.36. The average Bonchev–Trinajstić information content (AvgIpc) is 3.60. The quantitative estimate of drug-likeness (QED) is 0.695. The normalized spacial score (nSPS) is 25.3. The zero-order chi connectivity index (χ0) is 22.2. The third-order valence-electron chi connectivity index (χ3n) is 6.98. The van der Waals surface area contributed by atoms with Gasteiger partial charge in [-0.25, -0.2) is 8.42 Å². The Morgan fingerprint density at radius 3 is 1.87 bits per heavy atom. The van der Waals surface area contributed by atoms with Crippen molar-refractivity contribution in [3.05, 3.63) is 29.8 Å². The van der Waals surface area contributed by atoms with E-state index in [9.17, 15) is 18.0 Å². The van der Waals surface area contributed by atoms with E-state index in [0.717, 1.165) is 44.4 Å². The van der Waals surface area contributed by atoms with E-state index >= 15 is 0 Å². The summed E-state index contributed by atoms with van der Waals surface area (Å²) < 4.78 is 27.4. The molecule has 0 N–H and O–H groups in total. The van der Waals surface area contributed by atoms with Gasteiger partial charge in [0, 0.05) is 50.7 Å². The molecular weight excluding hydrogens is 414 g/mol. The molecule has 4 rings (SSSR count). The van der Waals surface area contributed by atoms with Gasteiger partial charge in [-0.3, -0.25) is 9.59 Å². The Morgan fingerprint density at radius 2 is 1.39 bits per heavy atom. The first-order valence-electron chi connectivity index (χ1n) is 11.5. The number of nitrogens with zero attached hydrogens (tertiary/aromatic N) is 3. The van der Waals surface area contributed by atoms with Gasteiger partial charge in [0.15, 0.2) is 0 Å². The van der Waals surface area contributed by atoms with Gasteiger partial charge in [-0.1, -0.05) is 6.92 Å². The number of carbonyl (C=O) groups excluding carboxylic acids is 2. The predicted octanol–water partition coefficient (Wildman–Crippen LogP) is 2.72. The van der Waals surface area contributed by atoms with Crippen LogP contribution in [-0.2, 0) is 14.8 Å². The van der Waals surface area contributed by atoms with Crippen LogP contribution in [-0.4, -0.2) is 72.6 Å². The molecule has 1 saturated heterocycles. The van der Waals surface area contributed by atoms with Crippen molar-refractivity contribution in [2.45, 2.75) is 69.4 Å². The molecule has 0 spiro atoms. The van der Waals surface area contributed by atoms with Crippen LogP contribution in [0.3, 0.4) is 0 Å². The van der Waals surface area contributed by atoms with E-state index in [4.69, 9.17) is 0 Å². The van der Waals surface area contributed by atoms with Crippen LogP contribution in [0.15, 0.2) is 29.2 Å². The maximum Gasteiger partial charge on any atom is 0.254 e. The summed E-state index contributed by atoms with van der Waals surface area (Å²) in [4.78, 5) is 28.7. The fourth-order valence-electron chi connectivity index (χ4n) is 4.81. The summed E-state index contributed by atoms with van der Waals surface area (Å²) in [6.45, 7) is 5.16. The Balaban J connectivity index is 1.46. The van der Waals surface area contributed by atoms with Gasteiger partial charge < -0.3 is 9.80 Å². The number of benzene rings is 1. The highest BCUT2D eigenvalue weighted by Crippen LogP contribution is 2.36. The molecule has 31 heavy (non-hydrogen) atoms. The highest BCUT2D eigenvalue weighted by Gasteiger charge is 2.39. The molecule has 7 nitrogen and oxygen atoms in total. The second kappa shape index (κ2) is 8.90. The minimum Gasteiger partial charge on any atom is -0.340 e. The minimum atomic E-state index is -3.63. The van der Waals surface area contributed by atoms with Crippen molar-refractivity contribution < 1.29 is 18.0 Å². The number of hydrogen-bond acceptors (Lipinski definition) is 4. The maximum atomic E-state index is 13.3. The highest BCUT2D eigenvalue weighted by atomic mass is 32.2. The molecule has 0 aromatic heterocycles. The van der Waals surface area contributed by atoms with Gasteiger partial charge >= 0.3 is 0 Å². The zero-order valence-electron chi connectivity index (χ0n) is 18.5. The van der Waals surface area contributed by atoms with Crippen LogP contribution in [0.4, 0.5) is 0 Å². The first-order chi connectivity index (χ1) is 14.8. The standard InChI is InChI=1S/C23H33N3O4S/c1-17-3-7-20(8-4-17)26(21-9-10-21)23(28)19-5-11-22(12-6-19)31(29,30)25-15-13-24(14-16-25)18(2)27/h5-6,11-12,17,20-21H,3-4,7-10,13-16H2,1-2H3. The number of carbonyl (C=O) groups is 2. The van der Waals surface area contributed by atoms with Crippen molar-refractivity contribution in [2.24, 2.45) is 5.92 Å². The monoisotopic (exact) mass is 447 g/mol. The number of amides is 2. The van der Waals surface area contributed by atoms with Crippen molar-refractivity contribution in [1.29, 1.82) is 0 Å². The SMILES string of the molecule is CC(=O)N1CCN(S(=O)(=O)c2ccc(C(=O)N(C3CCC(C)CC3)C3CC3)cc2)CC1. The molecule has 2 aliphatic carbocycles. The second-order valence-corrected chi connectivity index (χ2v) is 11.2. The van der Waals surface area contributed by atoms with E-state index in [1.54, 1.807) is 29.2 Å². The molecule has 0 unspecified atom stereocenters. The first kappa shape index (κ1) is 22.3. The molecule has 1 aliphatic heterocycles. The fraction of sp³-hybridized carbons (Fsp3) is 0.652. The van der Waals surface area contributed by atoms with E-state index in [-0.39, 0.29) is 29.8 Å². The van der Waals surface area contributed by atoms with E-state index in [0.29, 0.717) is 30.7 Å². The van der Waals surface area contributed by atoms with Crippen molar-refractivity contribution in [3.63, 3.8) is 0 Å². The summed E-state index contributed by atoms with van der Waals surface area (Å²) in [5, 5.41) is 0. The first-order valence-corrected chi connectivity index (χ1v) is 12.9. The fourth-order valence-corrected chi connectivity index (χ4v) is 6.24. The van der Waals surface area contributed by atoms with Crippen molar-refractivity contribution in [3.8, 4) is 0 Å². The Bertz CT molecular complexity index is 911. The van der Waals surface area contributed by atoms with Gasteiger partial charge in [-0.15, -0.1) is 0 Å². The summed E-state index contributed by atoms with van der Waals surface area (Å²) in [5.74, 6) is 0.725. The molecule has 1 heterocycles. The molecule has 0 bridgehead atoms.